The second kappa shape index (κ2) is 5.38. The highest BCUT2D eigenvalue weighted by Crippen LogP contribution is 2.21. The Morgan fingerprint density at radius 2 is 1.67 bits per heavy atom. The monoisotopic (exact) mass is 240 g/mol. The zero-order valence-corrected chi connectivity index (χ0v) is 10.7. The quantitative estimate of drug-likeness (QED) is 0.788. The maximum Gasteiger partial charge on any atom is 0.126 e. The van der Waals surface area contributed by atoms with Gasteiger partial charge in [0.05, 0.1) is 5.52 Å². The van der Waals surface area contributed by atoms with Crippen LogP contribution in [0.1, 0.15) is 38.5 Å². The maximum absolute atomic E-state index is 4.69. The Labute approximate surface area is 108 Å². The molecule has 0 spiro atoms. The molecule has 1 heterocycles. The van der Waals surface area contributed by atoms with E-state index < -0.39 is 0 Å². The Kier molecular flexibility index (Phi) is 3.44. The molecule has 0 saturated heterocycles. The number of pyridine rings is 1. The van der Waals surface area contributed by atoms with Crippen LogP contribution in [0.4, 0.5) is 5.82 Å². The molecule has 18 heavy (non-hydrogen) atoms. The first-order valence-electron chi connectivity index (χ1n) is 7.04. The predicted molar refractivity (Wildman–Crippen MR) is 76.9 cm³/mol. The summed E-state index contributed by atoms with van der Waals surface area (Å²) < 4.78 is 0. The van der Waals surface area contributed by atoms with Crippen LogP contribution in [0.3, 0.4) is 0 Å². The molecular formula is C16H20N2. The fourth-order valence-corrected chi connectivity index (χ4v) is 2.78. The van der Waals surface area contributed by atoms with E-state index in [1.165, 1.54) is 43.9 Å². The third-order valence-corrected chi connectivity index (χ3v) is 3.81. The lowest BCUT2D eigenvalue weighted by molar-refractivity contribution is 0.618. The van der Waals surface area contributed by atoms with Crippen LogP contribution >= 0.6 is 0 Å². The van der Waals surface area contributed by atoms with E-state index in [9.17, 15) is 0 Å². The van der Waals surface area contributed by atoms with Crippen molar-refractivity contribution in [2.75, 3.05) is 5.32 Å². The van der Waals surface area contributed by atoms with Gasteiger partial charge in [0.1, 0.15) is 5.82 Å². The highest BCUT2D eigenvalue weighted by molar-refractivity contribution is 5.80. The number of rotatable bonds is 2. The Morgan fingerprint density at radius 1 is 0.889 bits per heavy atom. The second-order valence-corrected chi connectivity index (χ2v) is 5.22. The van der Waals surface area contributed by atoms with Gasteiger partial charge in [-0.1, -0.05) is 43.9 Å². The molecule has 1 saturated carbocycles. The molecule has 2 heteroatoms. The zero-order chi connectivity index (χ0) is 12.2. The highest BCUT2D eigenvalue weighted by atomic mass is 15.0. The smallest absolute Gasteiger partial charge is 0.126 e. The molecule has 1 fully saturated rings. The first-order chi connectivity index (χ1) is 8.92. The van der Waals surface area contributed by atoms with Gasteiger partial charge in [-0.05, 0) is 31.0 Å². The van der Waals surface area contributed by atoms with Gasteiger partial charge in [0.2, 0.25) is 0 Å². The number of aromatic nitrogens is 1. The predicted octanol–water partition coefficient (Wildman–Crippen LogP) is 4.37. The second-order valence-electron chi connectivity index (χ2n) is 5.22. The minimum Gasteiger partial charge on any atom is -0.367 e. The van der Waals surface area contributed by atoms with E-state index in [0.717, 1.165) is 11.3 Å². The van der Waals surface area contributed by atoms with Gasteiger partial charge in [-0.15, -0.1) is 0 Å². The van der Waals surface area contributed by atoms with E-state index in [2.05, 4.69) is 40.6 Å². The molecule has 0 aliphatic heterocycles. The molecule has 0 bridgehead atoms. The van der Waals surface area contributed by atoms with Crippen molar-refractivity contribution < 1.29 is 0 Å². The van der Waals surface area contributed by atoms with Crippen molar-refractivity contribution in [1.29, 1.82) is 0 Å². The average molecular weight is 240 g/mol. The van der Waals surface area contributed by atoms with Crippen molar-refractivity contribution in [2.24, 2.45) is 0 Å². The van der Waals surface area contributed by atoms with Gasteiger partial charge in [0, 0.05) is 11.4 Å². The molecule has 2 nitrogen and oxygen atoms in total. The molecule has 0 amide bonds. The Morgan fingerprint density at radius 3 is 2.50 bits per heavy atom. The normalized spacial score (nSPS) is 17.6. The van der Waals surface area contributed by atoms with E-state index in [4.69, 9.17) is 0 Å². The lowest BCUT2D eigenvalue weighted by Gasteiger charge is -2.17. The fourth-order valence-electron chi connectivity index (χ4n) is 2.78. The number of para-hydroxylation sites is 1. The van der Waals surface area contributed by atoms with Crippen LogP contribution in [0.25, 0.3) is 10.9 Å². The summed E-state index contributed by atoms with van der Waals surface area (Å²) in [4.78, 5) is 4.69. The third-order valence-electron chi connectivity index (χ3n) is 3.81. The van der Waals surface area contributed by atoms with Crippen molar-refractivity contribution in [1.82, 2.24) is 4.98 Å². The molecule has 0 unspecified atom stereocenters. The minimum absolute atomic E-state index is 0.612. The van der Waals surface area contributed by atoms with Gasteiger partial charge < -0.3 is 5.32 Å². The molecule has 0 atom stereocenters. The SMILES string of the molecule is c1ccc2nc(NC3CCCCCC3)ccc2c1. The molecule has 94 valence electrons. The Bertz CT molecular complexity index is 513. The largest absolute Gasteiger partial charge is 0.367 e. The summed E-state index contributed by atoms with van der Waals surface area (Å²) in [5.74, 6) is 1.03. The molecule has 1 aromatic carbocycles. The summed E-state index contributed by atoms with van der Waals surface area (Å²) in [5.41, 5.74) is 1.08. The van der Waals surface area contributed by atoms with Crippen molar-refractivity contribution in [2.45, 2.75) is 44.6 Å². The van der Waals surface area contributed by atoms with Gasteiger partial charge in [-0.25, -0.2) is 4.98 Å². The summed E-state index contributed by atoms with van der Waals surface area (Å²) in [5, 5.41) is 4.81. The number of hydrogen-bond acceptors (Lipinski definition) is 2. The van der Waals surface area contributed by atoms with Gasteiger partial charge in [0.15, 0.2) is 0 Å². The first kappa shape index (κ1) is 11.5. The van der Waals surface area contributed by atoms with Crippen molar-refractivity contribution in [3.05, 3.63) is 36.4 Å². The number of nitrogens with zero attached hydrogens (tertiary/aromatic N) is 1. The standard InChI is InChI=1S/C16H20N2/c1-2-4-9-14(8-3-1)17-16-12-11-13-7-5-6-10-15(13)18-16/h5-7,10-12,14H,1-4,8-9H2,(H,17,18). The lowest BCUT2D eigenvalue weighted by Crippen LogP contribution is -2.18. The highest BCUT2D eigenvalue weighted by Gasteiger charge is 2.12. The van der Waals surface area contributed by atoms with E-state index in [0.29, 0.717) is 6.04 Å². The summed E-state index contributed by atoms with van der Waals surface area (Å²) in [7, 11) is 0. The van der Waals surface area contributed by atoms with Crippen LogP contribution in [0.2, 0.25) is 0 Å². The van der Waals surface area contributed by atoms with E-state index >= 15 is 0 Å². The molecule has 1 aliphatic carbocycles. The number of hydrogen-bond donors (Lipinski definition) is 1. The average Bonchev–Trinajstić information content (AvgIpc) is 2.67. The summed E-state index contributed by atoms with van der Waals surface area (Å²) in [6.07, 6.45) is 8.06. The topological polar surface area (TPSA) is 24.9 Å². The number of nitrogens with one attached hydrogen (secondary N) is 1. The first-order valence-corrected chi connectivity index (χ1v) is 7.04. The van der Waals surface area contributed by atoms with E-state index in [1.54, 1.807) is 0 Å². The van der Waals surface area contributed by atoms with Crippen molar-refractivity contribution in [3.8, 4) is 0 Å². The summed E-state index contributed by atoms with van der Waals surface area (Å²) >= 11 is 0. The van der Waals surface area contributed by atoms with Crippen LogP contribution < -0.4 is 5.32 Å². The summed E-state index contributed by atoms with van der Waals surface area (Å²) in [6, 6.07) is 13.2. The van der Waals surface area contributed by atoms with Gasteiger partial charge in [0.25, 0.3) is 0 Å². The zero-order valence-electron chi connectivity index (χ0n) is 10.7. The fraction of sp³-hybridized carbons (Fsp3) is 0.438. The van der Waals surface area contributed by atoms with Crippen LogP contribution in [0.5, 0.6) is 0 Å². The van der Waals surface area contributed by atoms with E-state index in [1.807, 2.05) is 6.07 Å². The van der Waals surface area contributed by atoms with Crippen LogP contribution in [-0.4, -0.2) is 11.0 Å². The maximum atomic E-state index is 4.69. The number of benzene rings is 1. The van der Waals surface area contributed by atoms with E-state index in [-0.39, 0.29) is 0 Å². The summed E-state index contributed by atoms with van der Waals surface area (Å²) in [6.45, 7) is 0. The molecule has 0 radical (unpaired) electrons. The van der Waals surface area contributed by atoms with Gasteiger partial charge in [-0.2, -0.15) is 0 Å². The molecular weight excluding hydrogens is 220 g/mol. The minimum atomic E-state index is 0.612. The number of fused-ring (bicyclic) bond motifs is 1. The lowest BCUT2D eigenvalue weighted by atomic mass is 10.1. The van der Waals surface area contributed by atoms with Crippen LogP contribution in [-0.2, 0) is 0 Å². The molecule has 3 rings (SSSR count). The molecule has 2 aromatic rings. The molecule has 1 aliphatic rings. The van der Waals surface area contributed by atoms with Gasteiger partial charge >= 0.3 is 0 Å². The van der Waals surface area contributed by atoms with Gasteiger partial charge in [-0.3, -0.25) is 0 Å². The third kappa shape index (κ3) is 2.63. The number of anilines is 1. The molecule has 1 aromatic heterocycles. The van der Waals surface area contributed by atoms with Crippen LogP contribution in [0, 0.1) is 0 Å². The molecule has 1 N–H and O–H groups in total. The Hall–Kier alpha value is -1.57. The van der Waals surface area contributed by atoms with Crippen LogP contribution in [0.15, 0.2) is 36.4 Å². The van der Waals surface area contributed by atoms with Crippen molar-refractivity contribution >= 4 is 16.7 Å². The Balaban J connectivity index is 1.77. The van der Waals surface area contributed by atoms with Crippen molar-refractivity contribution in [3.63, 3.8) is 0 Å².